The smallest absolute Gasteiger partial charge is 0.341 e. The summed E-state index contributed by atoms with van der Waals surface area (Å²) in [6.45, 7) is 5.55. The molecule has 2 aromatic heterocycles. The molecule has 1 aliphatic rings. The van der Waals surface area contributed by atoms with Crippen molar-refractivity contribution < 1.29 is 18.7 Å². The highest BCUT2D eigenvalue weighted by molar-refractivity contribution is 6.34. The zero-order valence-corrected chi connectivity index (χ0v) is 21.4. The molecule has 7 nitrogen and oxygen atoms in total. The Hall–Kier alpha value is -3.72. The third-order valence-corrected chi connectivity index (χ3v) is 7.56. The first-order valence-electron chi connectivity index (χ1n) is 12.0. The lowest BCUT2D eigenvalue weighted by Gasteiger charge is -2.38. The number of carbonyl (C=O) groups is 1. The zero-order chi connectivity index (χ0) is 26.6. The molecule has 5 rings (SSSR count). The number of nitrogens with zero attached hydrogens (tertiary/aromatic N) is 4. The number of carboxylic acid groups (broad SMARTS) is 1. The summed E-state index contributed by atoms with van der Waals surface area (Å²) in [5, 5.41) is 9.97. The van der Waals surface area contributed by atoms with Crippen molar-refractivity contribution >= 4 is 50.8 Å². The third-order valence-electron chi connectivity index (χ3n) is 7.20. The Kier molecular flexibility index (Phi) is 6.27. The van der Waals surface area contributed by atoms with Gasteiger partial charge in [-0.1, -0.05) is 24.6 Å². The molecular formula is C27H25ClF2N4O3. The van der Waals surface area contributed by atoms with Gasteiger partial charge in [-0.25, -0.2) is 13.6 Å². The predicted molar refractivity (Wildman–Crippen MR) is 141 cm³/mol. The number of fused-ring (bicyclic) bond motifs is 3. The number of halogens is 3. The number of aryl methyl sites for hydroxylation is 2. The monoisotopic (exact) mass is 526 g/mol. The number of carboxylic acids is 1. The van der Waals surface area contributed by atoms with Crippen molar-refractivity contribution in [2.24, 2.45) is 7.05 Å². The number of rotatable bonds is 4. The van der Waals surface area contributed by atoms with E-state index in [4.69, 9.17) is 11.6 Å². The van der Waals surface area contributed by atoms with Crippen LogP contribution in [0.5, 0.6) is 0 Å². The largest absolute Gasteiger partial charge is 0.477 e. The zero-order valence-electron chi connectivity index (χ0n) is 20.6. The van der Waals surface area contributed by atoms with Gasteiger partial charge in [0.05, 0.1) is 22.8 Å². The van der Waals surface area contributed by atoms with Crippen molar-refractivity contribution in [1.29, 1.82) is 0 Å². The van der Waals surface area contributed by atoms with Crippen LogP contribution in [0.15, 0.2) is 35.3 Å². The van der Waals surface area contributed by atoms with Crippen LogP contribution in [-0.4, -0.2) is 46.8 Å². The maximum Gasteiger partial charge on any atom is 0.341 e. The molecule has 37 heavy (non-hydrogen) atoms. The molecule has 1 N–H and O–H groups in total. The molecule has 0 unspecified atom stereocenters. The number of aromatic carboxylic acids is 1. The molecule has 2 aromatic carbocycles. The maximum atomic E-state index is 15.5. The van der Waals surface area contributed by atoms with E-state index in [-0.39, 0.29) is 32.7 Å². The van der Waals surface area contributed by atoms with Crippen LogP contribution < -0.4 is 15.2 Å². The summed E-state index contributed by atoms with van der Waals surface area (Å²) < 4.78 is 31.2. The summed E-state index contributed by atoms with van der Waals surface area (Å²) in [5.41, 5.74) is 1.42. The summed E-state index contributed by atoms with van der Waals surface area (Å²) in [6, 6.07) is 6.73. The van der Waals surface area contributed by atoms with E-state index in [1.807, 2.05) is 15.9 Å². The van der Waals surface area contributed by atoms with Crippen LogP contribution >= 0.6 is 11.6 Å². The molecule has 0 aliphatic carbocycles. The van der Waals surface area contributed by atoms with Crippen molar-refractivity contribution in [2.75, 3.05) is 36.0 Å². The van der Waals surface area contributed by atoms with Gasteiger partial charge < -0.3 is 19.5 Å². The minimum atomic E-state index is -1.33. The van der Waals surface area contributed by atoms with Crippen LogP contribution in [0.3, 0.4) is 0 Å². The van der Waals surface area contributed by atoms with Gasteiger partial charge in [0.25, 0.3) is 0 Å². The summed E-state index contributed by atoms with van der Waals surface area (Å²) >= 11 is 6.45. The van der Waals surface area contributed by atoms with E-state index in [2.05, 4.69) is 4.98 Å². The van der Waals surface area contributed by atoms with Gasteiger partial charge in [-0.2, -0.15) is 0 Å². The first-order valence-corrected chi connectivity index (χ1v) is 12.3. The van der Waals surface area contributed by atoms with Crippen LogP contribution in [0.25, 0.3) is 21.8 Å². The van der Waals surface area contributed by atoms with Gasteiger partial charge in [-0.15, -0.1) is 0 Å². The van der Waals surface area contributed by atoms with Crippen LogP contribution in [-0.2, 0) is 13.5 Å². The molecule has 1 fully saturated rings. The minimum absolute atomic E-state index is 0.0901. The van der Waals surface area contributed by atoms with E-state index in [1.54, 1.807) is 37.6 Å². The van der Waals surface area contributed by atoms with Gasteiger partial charge >= 0.3 is 5.97 Å². The lowest BCUT2D eigenvalue weighted by atomic mass is 10.0. The van der Waals surface area contributed by atoms with Crippen LogP contribution in [0.2, 0.25) is 5.02 Å². The van der Waals surface area contributed by atoms with E-state index in [9.17, 15) is 19.1 Å². The molecule has 192 valence electrons. The van der Waals surface area contributed by atoms with Crippen molar-refractivity contribution in [3.63, 3.8) is 0 Å². The first kappa shape index (κ1) is 25.0. The van der Waals surface area contributed by atoms with Gasteiger partial charge in [0.1, 0.15) is 21.9 Å². The van der Waals surface area contributed by atoms with Crippen LogP contribution in [0.1, 0.15) is 28.5 Å². The molecule has 1 saturated heterocycles. The van der Waals surface area contributed by atoms with Gasteiger partial charge in [0.2, 0.25) is 5.43 Å². The molecule has 3 heterocycles. The number of benzene rings is 2. The number of anilines is 2. The van der Waals surface area contributed by atoms with E-state index < -0.39 is 17.2 Å². The quantitative estimate of drug-likeness (QED) is 0.381. The highest BCUT2D eigenvalue weighted by atomic mass is 35.5. The molecule has 4 aromatic rings. The van der Waals surface area contributed by atoms with Crippen LogP contribution in [0.4, 0.5) is 20.2 Å². The number of piperazine rings is 1. The number of hydrogen-bond donors (Lipinski definition) is 1. The fraction of sp³-hybridized carbons (Fsp3) is 0.296. The summed E-state index contributed by atoms with van der Waals surface area (Å²) in [4.78, 5) is 33.6. The fourth-order valence-electron chi connectivity index (χ4n) is 5.16. The molecule has 0 bridgehead atoms. The SMILES string of the molecule is CCc1c(C(=O)O)c(=O)c2c3cc(N4CCN(c5ccc(C)c(F)c5)CC4)c(Cl)c(F)c3ncc2n1C. The summed E-state index contributed by atoms with van der Waals surface area (Å²) in [7, 11) is 1.67. The Morgan fingerprint density at radius 3 is 2.43 bits per heavy atom. The number of aromatic nitrogens is 2. The topological polar surface area (TPSA) is 78.7 Å². The molecule has 1 aliphatic heterocycles. The number of pyridine rings is 2. The van der Waals surface area contributed by atoms with Gasteiger partial charge in [-0.05, 0) is 37.1 Å². The Labute approximate surface area is 216 Å². The van der Waals surface area contributed by atoms with Crippen LogP contribution in [0, 0.1) is 18.6 Å². The minimum Gasteiger partial charge on any atom is -0.477 e. The highest BCUT2D eigenvalue weighted by Crippen LogP contribution is 2.37. The maximum absolute atomic E-state index is 15.5. The van der Waals surface area contributed by atoms with Crippen molar-refractivity contribution in [2.45, 2.75) is 20.3 Å². The normalized spacial score (nSPS) is 14.1. The Morgan fingerprint density at radius 2 is 1.81 bits per heavy atom. The van der Waals surface area contributed by atoms with Crippen molar-refractivity contribution in [1.82, 2.24) is 9.55 Å². The average molecular weight is 527 g/mol. The van der Waals surface area contributed by atoms with Gasteiger partial charge in [0, 0.05) is 50.0 Å². The fourth-order valence-corrected chi connectivity index (χ4v) is 5.42. The summed E-state index contributed by atoms with van der Waals surface area (Å²) in [5.74, 6) is -2.37. The average Bonchev–Trinajstić information content (AvgIpc) is 2.89. The molecular weight excluding hydrogens is 502 g/mol. The van der Waals surface area contributed by atoms with Gasteiger partial charge in [0.15, 0.2) is 5.82 Å². The van der Waals surface area contributed by atoms with Crippen molar-refractivity contribution in [3.8, 4) is 0 Å². The standard InChI is InChI=1S/C27H25ClF2N4O3/c1-4-18-22(27(36)37)26(35)21-16-12-19(23(28)24(30)25(16)31-13-20(21)32(18)3)34-9-7-33(8-10-34)15-6-5-14(2)17(29)11-15/h5-6,11-13H,4,7-10H2,1-3H3,(H,36,37). The second kappa shape index (κ2) is 9.30. The van der Waals surface area contributed by atoms with Gasteiger partial charge in [-0.3, -0.25) is 9.78 Å². The lowest BCUT2D eigenvalue weighted by Crippen LogP contribution is -2.46. The van der Waals surface area contributed by atoms with E-state index in [1.165, 1.54) is 12.3 Å². The molecule has 0 atom stereocenters. The lowest BCUT2D eigenvalue weighted by molar-refractivity contribution is 0.0693. The van der Waals surface area contributed by atoms with Crippen molar-refractivity contribution in [3.05, 3.63) is 74.2 Å². The Bertz CT molecular complexity index is 1650. The number of hydrogen-bond acceptors (Lipinski definition) is 5. The molecule has 10 heteroatoms. The van der Waals surface area contributed by atoms with E-state index in [0.717, 1.165) is 5.69 Å². The molecule has 0 saturated carbocycles. The Morgan fingerprint density at radius 1 is 1.14 bits per heavy atom. The highest BCUT2D eigenvalue weighted by Gasteiger charge is 2.26. The third kappa shape index (κ3) is 3.98. The second-order valence-electron chi connectivity index (χ2n) is 9.21. The molecule has 0 radical (unpaired) electrons. The predicted octanol–water partition coefficient (Wildman–Crippen LogP) is 4.91. The second-order valence-corrected chi connectivity index (χ2v) is 9.59. The molecule has 0 spiro atoms. The van der Waals surface area contributed by atoms with E-state index >= 15 is 4.39 Å². The molecule has 0 amide bonds. The Balaban J connectivity index is 1.62. The van der Waals surface area contributed by atoms with E-state index in [0.29, 0.717) is 55.1 Å². The summed E-state index contributed by atoms with van der Waals surface area (Å²) in [6.07, 6.45) is 1.71. The first-order chi connectivity index (χ1) is 17.6.